The van der Waals surface area contributed by atoms with Gasteiger partial charge in [0.1, 0.15) is 5.02 Å². The number of carbonyl (C=O) groups excluding carboxylic acids is 1. The summed E-state index contributed by atoms with van der Waals surface area (Å²) in [7, 11) is 0. The van der Waals surface area contributed by atoms with Crippen LogP contribution in [-0.2, 0) is 4.79 Å². The highest BCUT2D eigenvalue weighted by molar-refractivity contribution is 6.35. The first-order chi connectivity index (χ1) is 8.54. The van der Waals surface area contributed by atoms with Crippen LogP contribution < -0.4 is 0 Å². The molecule has 0 unspecified atom stereocenters. The van der Waals surface area contributed by atoms with Crippen molar-refractivity contribution in [1.82, 2.24) is 4.57 Å². The summed E-state index contributed by atoms with van der Waals surface area (Å²) in [5, 5.41) is 11.3. The first-order valence-electron chi connectivity index (χ1n) is 4.80. The molecule has 2 rings (SSSR count). The molecule has 1 aromatic heterocycles. The van der Waals surface area contributed by atoms with Crippen LogP contribution in [0.25, 0.3) is 11.1 Å². The summed E-state index contributed by atoms with van der Waals surface area (Å²) in [6, 6.07) is 4.54. The van der Waals surface area contributed by atoms with Gasteiger partial charge in [-0.2, -0.15) is 0 Å². The fourth-order valence-corrected chi connectivity index (χ4v) is 2.13. The summed E-state index contributed by atoms with van der Waals surface area (Å²) >= 11 is 11.7. The van der Waals surface area contributed by atoms with E-state index in [0.29, 0.717) is 12.0 Å². The molecule has 0 atom stereocenters. The van der Waals surface area contributed by atoms with Gasteiger partial charge in [0.15, 0.2) is 0 Å². The first-order valence-corrected chi connectivity index (χ1v) is 5.55. The van der Waals surface area contributed by atoms with Gasteiger partial charge in [0.25, 0.3) is 5.69 Å². The first kappa shape index (κ1) is 12.6. The normalized spacial score (nSPS) is 10.3. The molecule has 5 nitrogen and oxygen atoms in total. The van der Waals surface area contributed by atoms with Crippen LogP contribution in [0.1, 0.15) is 0 Å². The van der Waals surface area contributed by atoms with Gasteiger partial charge < -0.3 is 0 Å². The van der Waals surface area contributed by atoms with E-state index in [1.54, 1.807) is 6.07 Å². The Morgan fingerprint density at radius 1 is 1.17 bits per heavy atom. The Morgan fingerprint density at radius 3 is 2.44 bits per heavy atom. The fourth-order valence-electron chi connectivity index (χ4n) is 1.63. The highest BCUT2D eigenvalue weighted by atomic mass is 35.5. The van der Waals surface area contributed by atoms with E-state index in [1.165, 1.54) is 29.1 Å². The minimum absolute atomic E-state index is 0.0208. The lowest BCUT2D eigenvalue weighted by molar-refractivity contribution is -0.384. The molecule has 0 fully saturated rings. The number of nitro benzene ring substituents is 1. The van der Waals surface area contributed by atoms with Gasteiger partial charge in [-0.1, -0.05) is 29.3 Å². The average Bonchev–Trinajstić information content (AvgIpc) is 2.69. The monoisotopic (exact) mass is 284 g/mol. The Morgan fingerprint density at radius 2 is 1.89 bits per heavy atom. The van der Waals surface area contributed by atoms with Gasteiger partial charge in [-0.25, -0.2) is 0 Å². The lowest BCUT2D eigenvalue weighted by atomic mass is 10.1. The average molecular weight is 285 g/mol. The fraction of sp³-hybridized carbons (Fsp3) is 0. The second-order valence-corrected chi connectivity index (χ2v) is 4.28. The Kier molecular flexibility index (Phi) is 3.36. The Hall–Kier alpha value is -1.85. The summed E-state index contributed by atoms with van der Waals surface area (Å²) in [5.41, 5.74) is 0.431. The summed E-state index contributed by atoms with van der Waals surface area (Å²) < 4.78 is 1.18. The van der Waals surface area contributed by atoms with Crippen molar-refractivity contribution in [2.24, 2.45) is 0 Å². The van der Waals surface area contributed by atoms with E-state index in [9.17, 15) is 14.9 Å². The molecule has 1 aromatic carbocycles. The molecule has 0 saturated carbocycles. The van der Waals surface area contributed by atoms with E-state index in [1.807, 2.05) is 0 Å². The second kappa shape index (κ2) is 4.80. The number of aromatic nitrogens is 1. The molecule has 0 amide bonds. The van der Waals surface area contributed by atoms with Gasteiger partial charge in [-0.3, -0.25) is 19.5 Å². The van der Waals surface area contributed by atoms with Gasteiger partial charge in [0, 0.05) is 18.0 Å². The molecule has 0 saturated heterocycles. The van der Waals surface area contributed by atoms with Gasteiger partial charge in [0.05, 0.1) is 15.5 Å². The van der Waals surface area contributed by atoms with Crippen molar-refractivity contribution < 1.29 is 9.72 Å². The van der Waals surface area contributed by atoms with Gasteiger partial charge >= 0.3 is 0 Å². The summed E-state index contributed by atoms with van der Waals surface area (Å²) in [6.45, 7) is 0. The maximum atomic E-state index is 11.0. The summed E-state index contributed by atoms with van der Waals surface area (Å²) in [6.07, 6.45) is 3.33. The van der Waals surface area contributed by atoms with Crippen molar-refractivity contribution in [1.29, 1.82) is 0 Å². The number of halogens is 2. The minimum atomic E-state index is -0.577. The molecule has 0 aliphatic heterocycles. The molecule has 0 bridgehead atoms. The molecule has 92 valence electrons. The SMILES string of the molecule is O=Cn1cc(Cl)c(-c2cccc(Cl)c2[N+](=O)[O-])c1. The molecule has 0 aliphatic rings. The molecule has 1 heterocycles. The number of hydrogen-bond donors (Lipinski definition) is 0. The molecular weight excluding hydrogens is 279 g/mol. The van der Waals surface area contributed by atoms with E-state index in [2.05, 4.69) is 0 Å². The molecule has 0 spiro atoms. The lowest BCUT2D eigenvalue weighted by Crippen LogP contribution is -1.93. The summed E-state index contributed by atoms with van der Waals surface area (Å²) in [5.74, 6) is 0. The number of nitrogens with zero attached hydrogens (tertiary/aromatic N) is 2. The molecular formula is C11H6Cl2N2O3. The predicted molar refractivity (Wildman–Crippen MR) is 68.7 cm³/mol. The standard InChI is InChI=1S/C11H6Cl2N2O3/c12-9-3-1-2-7(11(9)15(17)18)8-4-14(6-16)5-10(8)13/h1-6H. The van der Waals surface area contributed by atoms with Crippen LogP contribution in [0.2, 0.25) is 10.0 Å². The number of benzene rings is 1. The zero-order valence-corrected chi connectivity index (χ0v) is 10.4. The molecule has 0 radical (unpaired) electrons. The van der Waals surface area contributed by atoms with Gasteiger partial charge in [0.2, 0.25) is 6.41 Å². The van der Waals surface area contributed by atoms with Crippen molar-refractivity contribution in [3.63, 3.8) is 0 Å². The Balaban J connectivity index is 2.70. The Bertz CT molecular complexity index is 637. The van der Waals surface area contributed by atoms with Crippen LogP contribution in [0.5, 0.6) is 0 Å². The van der Waals surface area contributed by atoms with E-state index >= 15 is 0 Å². The smallest absolute Gasteiger partial charge is 0.295 e. The third-order valence-corrected chi connectivity index (χ3v) is 2.99. The number of para-hydroxylation sites is 1. The van der Waals surface area contributed by atoms with Crippen LogP contribution in [-0.4, -0.2) is 15.9 Å². The zero-order valence-electron chi connectivity index (χ0n) is 8.84. The number of carbonyl (C=O) groups is 1. The molecule has 2 aromatic rings. The molecule has 0 N–H and O–H groups in total. The van der Waals surface area contributed by atoms with Crippen LogP contribution in [0.4, 0.5) is 5.69 Å². The van der Waals surface area contributed by atoms with Gasteiger partial charge in [-0.15, -0.1) is 0 Å². The van der Waals surface area contributed by atoms with Crippen LogP contribution in [0.3, 0.4) is 0 Å². The molecule has 7 heteroatoms. The highest BCUT2D eigenvalue weighted by Gasteiger charge is 2.22. The van der Waals surface area contributed by atoms with Crippen molar-refractivity contribution >= 4 is 35.3 Å². The lowest BCUT2D eigenvalue weighted by Gasteiger charge is -2.02. The summed E-state index contributed by atoms with van der Waals surface area (Å²) in [4.78, 5) is 21.1. The zero-order chi connectivity index (χ0) is 13.3. The number of hydrogen-bond acceptors (Lipinski definition) is 3. The predicted octanol–water partition coefficient (Wildman–Crippen LogP) is 3.41. The largest absolute Gasteiger partial charge is 0.295 e. The van der Waals surface area contributed by atoms with Crippen molar-refractivity contribution in [2.45, 2.75) is 0 Å². The molecule has 0 aliphatic carbocycles. The maximum Gasteiger partial charge on any atom is 0.295 e. The van der Waals surface area contributed by atoms with Crippen LogP contribution >= 0.6 is 23.2 Å². The number of nitro groups is 1. The topological polar surface area (TPSA) is 65.1 Å². The minimum Gasteiger partial charge on any atom is -0.295 e. The highest BCUT2D eigenvalue weighted by Crippen LogP contribution is 2.39. The van der Waals surface area contributed by atoms with Crippen molar-refractivity contribution in [3.05, 3.63) is 50.8 Å². The van der Waals surface area contributed by atoms with Crippen LogP contribution in [0.15, 0.2) is 30.6 Å². The third kappa shape index (κ3) is 2.10. The number of rotatable bonds is 3. The quantitative estimate of drug-likeness (QED) is 0.493. The van der Waals surface area contributed by atoms with Crippen LogP contribution in [0, 0.1) is 10.1 Å². The third-order valence-electron chi connectivity index (χ3n) is 2.38. The van der Waals surface area contributed by atoms with E-state index in [-0.39, 0.29) is 21.3 Å². The maximum absolute atomic E-state index is 11.0. The van der Waals surface area contributed by atoms with Gasteiger partial charge in [-0.05, 0) is 12.1 Å². The van der Waals surface area contributed by atoms with E-state index in [0.717, 1.165) is 0 Å². The van der Waals surface area contributed by atoms with E-state index < -0.39 is 4.92 Å². The van der Waals surface area contributed by atoms with E-state index in [4.69, 9.17) is 23.2 Å². The van der Waals surface area contributed by atoms with Crippen molar-refractivity contribution in [2.75, 3.05) is 0 Å². The van der Waals surface area contributed by atoms with Crippen molar-refractivity contribution in [3.8, 4) is 11.1 Å². The Labute approximate surface area is 112 Å². The molecule has 18 heavy (non-hydrogen) atoms. The second-order valence-electron chi connectivity index (χ2n) is 3.47.